The first-order chi connectivity index (χ1) is 17.0. The molecule has 0 aliphatic rings. The highest BCUT2D eigenvalue weighted by molar-refractivity contribution is 7.92. The van der Waals surface area contributed by atoms with E-state index < -0.39 is 34.3 Å². The van der Waals surface area contributed by atoms with Gasteiger partial charge in [-0.2, -0.15) is 13.5 Å². The first-order valence-corrected chi connectivity index (χ1v) is 13.1. The number of hydrogen-bond donors (Lipinski definition) is 2. The molecule has 1 atom stereocenters. The highest BCUT2D eigenvalue weighted by Gasteiger charge is 2.21. The van der Waals surface area contributed by atoms with Gasteiger partial charge in [0, 0.05) is 5.02 Å². The number of alkyl halides is 2. The fourth-order valence-electron chi connectivity index (χ4n) is 2.82. The van der Waals surface area contributed by atoms with Crippen LogP contribution in [0.15, 0.2) is 35.1 Å². The van der Waals surface area contributed by atoms with Crippen molar-refractivity contribution in [2.75, 3.05) is 11.0 Å². The smallest absolute Gasteiger partial charge is 0.355 e. The van der Waals surface area contributed by atoms with Gasteiger partial charge in [0.15, 0.2) is 6.10 Å². The summed E-state index contributed by atoms with van der Waals surface area (Å²) in [5.74, 6) is -0.669. The van der Waals surface area contributed by atoms with Gasteiger partial charge in [-0.1, -0.05) is 34.8 Å². The van der Waals surface area contributed by atoms with Crippen LogP contribution in [-0.4, -0.2) is 46.2 Å². The van der Waals surface area contributed by atoms with Crippen LogP contribution < -0.4 is 15.1 Å². The number of sulfonamides is 1. The number of carboxylic acids is 1. The molecule has 37 heavy (non-hydrogen) atoms. The Balaban J connectivity index is 0.000000294. The monoisotopic (exact) mass is 600 g/mol. The van der Waals surface area contributed by atoms with Crippen molar-refractivity contribution in [1.82, 2.24) is 14.3 Å². The number of hydrogen-bond acceptors (Lipinski definition) is 6. The van der Waals surface area contributed by atoms with Crippen molar-refractivity contribution in [1.29, 1.82) is 0 Å². The van der Waals surface area contributed by atoms with Crippen LogP contribution in [0, 0.1) is 13.8 Å². The van der Waals surface area contributed by atoms with Crippen LogP contribution in [-0.2, 0) is 14.8 Å². The fraction of sp³-hybridized carbons (Fsp3) is 0.286. The molecule has 1 heterocycles. The van der Waals surface area contributed by atoms with Gasteiger partial charge in [-0.15, -0.1) is 5.10 Å². The summed E-state index contributed by atoms with van der Waals surface area (Å²) in [5.41, 5.74) is -0.447. The Morgan fingerprint density at radius 2 is 1.76 bits per heavy atom. The number of halogens is 5. The van der Waals surface area contributed by atoms with E-state index in [0.717, 1.165) is 17.9 Å². The molecule has 0 aliphatic heterocycles. The van der Waals surface area contributed by atoms with Crippen molar-refractivity contribution < 1.29 is 31.8 Å². The maximum Gasteiger partial charge on any atom is 0.355 e. The molecule has 3 rings (SSSR count). The molecule has 0 fully saturated rings. The molecule has 202 valence electrons. The minimum Gasteiger partial charge on any atom is -0.479 e. The zero-order chi connectivity index (χ0) is 28.2. The topological polar surface area (TPSA) is 133 Å². The Bertz CT molecular complexity index is 1480. The van der Waals surface area contributed by atoms with Crippen molar-refractivity contribution in [2.45, 2.75) is 33.4 Å². The van der Waals surface area contributed by atoms with Crippen molar-refractivity contribution in [3.8, 4) is 11.4 Å². The Morgan fingerprint density at radius 3 is 2.24 bits per heavy atom. The predicted molar refractivity (Wildman–Crippen MR) is 136 cm³/mol. The summed E-state index contributed by atoms with van der Waals surface area (Å²) < 4.78 is 56.5. The van der Waals surface area contributed by atoms with Crippen molar-refractivity contribution in [3.63, 3.8) is 0 Å². The maximum absolute atomic E-state index is 12.8. The van der Waals surface area contributed by atoms with E-state index in [1.165, 1.54) is 19.9 Å². The van der Waals surface area contributed by atoms with Gasteiger partial charge >= 0.3 is 18.2 Å². The number of carboxylic acid groups (broad SMARTS) is 1. The normalized spacial score (nSPS) is 12.1. The van der Waals surface area contributed by atoms with Crippen molar-refractivity contribution in [3.05, 3.63) is 67.3 Å². The summed E-state index contributed by atoms with van der Waals surface area (Å²) in [5, 5.41) is 12.9. The van der Waals surface area contributed by atoms with Gasteiger partial charge in [0.2, 0.25) is 10.0 Å². The Morgan fingerprint density at radius 1 is 1.14 bits per heavy atom. The van der Waals surface area contributed by atoms with E-state index in [2.05, 4.69) is 9.82 Å². The van der Waals surface area contributed by atoms with Gasteiger partial charge in [-0.25, -0.2) is 22.6 Å². The number of nitrogens with one attached hydrogen (secondary N) is 1. The molecule has 10 nitrogen and oxygen atoms in total. The van der Waals surface area contributed by atoms with E-state index >= 15 is 0 Å². The molecule has 1 unspecified atom stereocenters. The van der Waals surface area contributed by atoms with Crippen molar-refractivity contribution >= 4 is 56.5 Å². The summed E-state index contributed by atoms with van der Waals surface area (Å²) in [6.45, 7) is 1.45. The van der Waals surface area contributed by atoms with Crippen LogP contribution in [0.3, 0.4) is 0 Å². The lowest BCUT2D eigenvalue weighted by Crippen LogP contribution is -2.25. The minimum absolute atomic E-state index is 0.0257. The highest BCUT2D eigenvalue weighted by Crippen LogP contribution is 2.31. The predicted octanol–water partition coefficient (Wildman–Crippen LogP) is 4.92. The lowest BCUT2D eigenvalue weighted by molar-refractivity contribution is -0.144. The number of benzene rings is 2. The van der Waals surface area contributed by atoms with Gasteiger partial charge in [0.1, 0.15) is 11.6 Å². The van der Waals surface area contributed by atoms with E-state index in [1.807, 2.05) is 6.92 Å². The van der Waals surface area contributed by atoms with Gasteiger partial charge in [0.05, 0.1) is 27.7 Å². The second-order valence-corrected chi connectivity index (χ2v) is 10.6. The first-order valence-electron chi connectivity index (χ1n) is 10.1. The van der Waals surface area contributed by atoms with E-state index in [9.17, 15) is 26.8 Å². The van der Waals surface area contributed by atoms with Gasteiger partial charge in [0.25, 0.3) is 0 Å². The zero-order valence-electron chi connectivity index (χ0n) is 19.7. The molecule has 0 bridgehead atoms. The van der Waals surface area contributed by atoms with Gasteiger partial charge in [-0.3, -0.25) is 4.72 Å². The van der Waals surface area contributed by atoms with Crippen LogP contribution in [0.1, 0.15) is 24.9 Å². The minimum atomic E-state index is -3.65. The van der Waals surface area contributed by atoms with Crippen LogP contribution in [0.4, 0.5) is 14.5 Å². The standard InChI is InChI=1S/C11H10Cl2F2N4O3S.C10H11ClO3/c1-5-16-19(11(20)18(5)10(14)15)9-4-8(17-23(2,21)22)6(12)3-7(9)13;1-6-5-8(11)3-4-9(6)14-7(2)10(12)13/h3-4,10,17H,1-2H3;3-5,7H,1-2H3,(H,12,13). The quantitative estimate of drug-likeness (QED) is 0.393. The lowest BCUT2D eigenvalue weighted by atomic mass is 10.2. The molecule has 0 saturated carbocycles. The lowest BCUT2D eigenvalue weighted by Gasteiger charge is -2.12. The molecule has 0 saturated heterocycles. The molecule has 3 aromatic rings. The number of ether oxygens (including phenoxy) is 1. The summed E-state index contributed by atoms with van der Waals surface area (Å²) in [6.07, 6.45) is 0.0503. The van der Waals surface area contributed by atoms with Crippen LogP contribution in [0.5, 0.6) is 5.75 Å². The summed E-state index contributed by atoms with van der Waals surface area (Å²) in [4.78, 5) is 22.5. The molecular formula is C21H21Cl3F2N4O6S. The molecule has 0 aliphatic carbocycles. The molecular weight excluding hydrogens is 581 g/mol. The number of aryl methyl sites for hydroxylation is 2. The van der Waals surface area contributed by atoms with Gasteiger partial charge < -0.3 is 9.84 Å². The fourth-order valence-corrected chi connectivity index (χ4v) is 4.18. The third-order valence-electron chi connectivity index (χ3n) is 4.52. The molecule has 2 aromatic carbocycles. The van der Waals surface area contributed by atoms with Crippen molar-refractivity contribution in [2.24, 2.45) is 0 Å². The van der Waals surface area contributed by atoms with E-state index in [1.54, 1.807) is 18.2 Å². The Hall–Kier alpha value is -2.87. The summed E-state index contributed by atoms with van der Waals surface area (Å²) in [6, 6.07) is 7.37. The third kappa shape index (κ3) is 8.06. The number of rotatable bonds is 7. The van der Waals surface area contributed by atoms with E-state index in [0.29, 0.717) is 15.5 Å². The molecule has 16 heteroatoms. The Kier molecular flexibility index (Phi) is 9.94. The van der Waals surface area contributed by atoms with Crippen LogP contribution in [0.25, 0.3) is 5.69 Å². The van der Waals surface area contributed by atoms with Crippen LogP contribution in [0.2, 0.25) is 15.1 Å². The number of aromatic nitrogens is 3. The SMILES string of the molecule is Cc1cc(Cl)ccc1OC(C)C(=O)O.Cc1nn(-c2cc(NS(C)(=O)=O)c(Cl)cc2Cl)c(=O)n1C(F)F. The second kappa shape index (κ2) is 12.1. The van der Waals surface area contributed by atoms with E-state index in [4.69, 9.17) is 44.6 Å². The van der Waals surface area contributed by atoms with E-state index in [-0.39, 0.29) is 31.8 Å². The number of anilines is 1. The zero-order valence-corrected chi connectivity index (χ0v) is 22.8. The number of aliphatic carboxylic acids is 1. The first kappa shape index (κ1) is 30.4. The molecule has 0 amide bonds. The van der Waals surface area contributed by atoms with Crippen LogP contribution >= 0.6 is 34.8 Å². The Labute approximate surface area is 225 Å². The molecule has 0 spiro atoms. The number of carbonyl (C=O) groups is 1. The largest absolute Gasteiger partial charge is 0.479 e. The average Bonchev–Trinajstić information content (AvgIpc) is 3.05. The van der Waals surface area contributed by atoms with Gasteiger partial charge in [-0.05, 0) is 56.7 Å². The molecule has 0 radical (unpaired) electrons. The summed E-state index contributed by atoms with van der Waals surface area (Å²) >= 11 is 17.6. The number of nitrogens with zero attached hydrogens (tertiary/aromatic N) is 3. The molecule has 2 N–H and O–H groups in total. The maximum atomic E-state index is 12.8. The molecule has 1 aromatic heterocycles. The summed E-state index contributed by atoms with van der Waals surface area (Å²) in [7, 11) is -3.65. The third-order valence-corrected chi connectivity index (χ3v) is 5.97. The highest BCUT2D eigenvalue weighted by atomic mass is 35.5. The second-order valence-electron chi connectivity index (χ2n) is 7.56. The average molecular weight is 602 g/mol.